The van der Waals surface area contributed by atoms with Gasteiger partial charge in [0.1, 0.15) is 0 Å². The number of hydrogen-bond donors (Lipinski definition) is 1. The highest BCUT2D eigenvalue weighted by molar-refractivity contribution is 7.99. The van der Waals surface area contributed by atoms with Gasteiger partial charge >= 0.3 is 0 Å². The highest BCUT2D eigenvalue weighted by Crippen LogP contribution is 2.22. The first-order valence-corrected chi connectivity index (χ1v) is 7.00. The van der Waals surface area contributed by atoms with E-state index < -0.39 is 0 Å². The molecule has 0 amide bonds. The first-order chi connectivity index (χ1) is 6.86. The van der Waals surface area contributed by atoms with E-state index in [9.17, 15) is 0 Å². The first kappa shape index (κ1) is 13.6. The van der Waals surface area contributed by atoms with E-state index in [1.54, 1.807) is 0 Å². The molecule has 0 spiro atoms. The van der Waals surface area contributed by atoms with Crippen LogP contribution in [0, 0.1) is 5.92 Å². The Kier molecular flexibility index (Phi) is 6.36. The molecule has 0 aromatic carbocycles. The predicted octanol–water partition coefficient (Wildman–Crippen LogP) is 1.85. The van der Waals surface area contributed by atoms with Crippen LogP contribution in [0.15, 0.2) is 0 Å². The molecule has 2 unspecified atom stereocenters. The molecular weight excluding hydrogens is 228 g/mol. The minimum Gasteiger partial charge on any atom is -0.316 e. The van der Waals surface area contributed by atoms with Crippen molar-refractivity contribution in [3.8, 4) is 0 Å². The van der Waals surface area contributed by atoms with E-state index in [1.807, 2.05) is 0 Å². The van der Waals surface area contributed by atoms with E-state index in [1.165, 1.54) is 50.4 Å². The average Bonchev–Trinajstić information content (AvgIpc) is 2.72. The van der Waals surface area contributed by atoms with Gasteiger partial charge < -0.3 is 10.2 Å². The number of nitrogens with zero attached hydrogens (tertiary/aromatic N) is 1. The molecule has 0 aromatic rings. The highest BCUT2D eigenvalue weighted by atomic mass is 35.5. The first-order valence-electron chi connectivity index (χ1n) is 5.85. The van der Waals surface area contributed by atoms with Crippen molar-refractivity contribution in [2.24, 2.45) is 5.92 Å². The zero-order chi connectivity index (χ0) is 9.80. The van der Waals surface area contributed by atoms with Gasteiger partial charge in [-0.3, -0.25) is 0 Å². The molecule has 0 radical (unpaired) electrons. The fraction of sp³-hybridized carbons (Fsp3) is 1.00. The van der Waals surface area contributed by atoms with Crippen LogP contribution in [0.4, 0.5) is 0 Å². The third-order valence-electron chi connectivity index (χ3n) is 3.47. The molecule has 0 aliphatic carbocycles. The van der Waals surface area contributed by atoms with E-state index in [0.717, 1.165) is 12.0 Å². The number of hydrogen-bond acceptors (Lipinski definition) is 3. The molecule has 2 rings (SSSR count). The van der Waals surface area contributed by atoms with Crippen LogP contribution in [-0.2, 0) is 0 Å². The molecule has 0 aromatic heterocycles. The molecule has 2 aliphatic heterocycles. The van der Waals surface area contributed by atoms with Crippen molar-refractivity contribution in [3.63, 3.8) is 0 Å². The minimum absolute atomic E-state index is 0. The van der Waals surface area contributed by atoms with Gasteiger partial charge in [0.05, 0.1) is 0 Å². The van der Waals surface area contributed by atoms with Crippen molar-refractivity contribution in [3.05, 3.63) is 0 Å². The molecule has 4 heteroatoms. The quantitative estimate of drug-likeness (QED) is 0.823. The highest BCUT2D eigenvalue weighted by Gasteiger charge is 2.23. The van der Waals surface area contributed by atoms with Gasteiger partial charge in [0.15, 0.2) is 0 Å². The van der Waals surface area contributed by atoms with Gasteiger partial charge in [-0.05, 0) is 51.1 Å². The lowest BCUT2D eigenvalue weighted by molar-refractivity contribution is 0.201. The predicted molar refractivity (Wildman–Crippen MR) is 71.2 cm³/mol. The van der Waals surface area contributed by atoms with Crippen LogP contribution in [0.5, 0.6) is 0 Å². The van der Waals surface area contributed by atoms with Crippen LogP contribution in [0.1, 0.15) is 19.3 Å². The Bertz CT molecular complexity index is 168. The molecule has 90 valence electrons. The van der Waals surface area contributed by atoms with Crippen LogP contribution in [0.2, 0.25) is 0 Å². The molecule has 2 fully saturated rings. The molecule has 1 N–H and O–H groups in total. The second-order valence-corrected chi connectivity index (χ2v) is 5.82. The lowest BCUT2D eigenvalue weighted by Gasteiger charge is -2.30. The summed E-state index contributed by atoms with van der Waals surface area (Å²) in [6.07, 6.45) is 4.20. The lowest BCUT2D eigenvalue weighted by Crippen LogP contribution is -2.41. The summed E-state index contributed by atoms with van der Waals surface area (Å²) in [6, 6.07) is 0.863. The maximum absolute atomic E-state index is 3.50. The standard InChI is InChI=1S/C11H22N2S.ClH/c1-13(11-4-6-14-9-11)8-10-3-2-5-12-7-10;/h10-12H,2-9H2,1H3;1H. The van der Waals surface area contributed by atoms with Crippen LogP contribution in [0.3, 0.4) is 0 Å². The van der Waals surface area contributed by atoms with E-state index in [0.29, 0.717) is 0 Å². The van der Waals surface area contributed by atoms with Crippen LogP contribution in [-0.4, -0.2) is 49.1 Å². The van der Waals surface area contributed by atoms with Crippen molar-refractivity contribution in [2.45, 2.75) is 25.3 Å². The molecule has 2 heterocycles. The van der Waals surface area contributed by atoms with Crippen molar-refractivity contribution >= 4 is 24.2 Å². The maximum atomic E-state index is 3.50. The van der Waals surface area contributed by atoms with E-state index >= 15 is 0 Å². The minimum atomic E-state index is 0. The number of nitrogens with one attached hydrogen (secondary N) is 1. The van der Waals surface area contributed by atoms with Gasteiger partial charge in [-0.1, -0.05) is 0 Å². The molecule has 15 heavy (non-hydrogen) atoms. The summed E-state index contributed by atoms with van der Waals surface area (Å²) in [5, 5.41) is 3.50. The van der Waals surface area contributed by atoms with Gasteiger partial charge in [-0.15, -0.1) is 12.4 Å². The second kappa shape index (κ2) is 7.00. The Balaban J connectivity index is 0.00000112. The maximum Gasteiger partial charge on any atom is 0.0191 e. The molecular formula is C11H23ClN2S. The Morgan fingerprint density at radius 1 is 1.40 bits per heavy atom. The van der Waals surface area contributed by atoms with Gasteiger partial charge in [0.2, 0.25) is 0 Å². The monoisotopic (exact) mass is 250 g/mol. The number of rotatable bonds is 3. The number of halogens is 1. The van der Waals surface area contributed by atoms with Gasteiger partial charge in [-0.2, -0.15) is 11.8 Å². The van der Waals surface area contributed by atoms with E-state index in [2.05, 4.69) is 29.0 Å². The number of thioether (sulfide) groups is 1. The van der Waals surface area contributed by atoms with Crippen molar-refractivity contribution in [1.82, 2.24) is 10.2 Å². The lowest BCUT2D eigenvalue weighted by atomic mass is 9.98. The van der Waals surface area contributed by atoms with Crippen molar-refractivity contribution < 1.29 is 0 Å². The SMILES string of the molecule is CN(CC1CCCNC1)C1CCSC1.Cl. The van der Waals surface area contributed by atoms with Gasteiger partial charge in [-0.25, -0.2) is 0 Å². The van der Waals surface area contributed by atoms with Crippen LogP contribution >= 0.6 is 24.2 Å². The van der Waals surface area contributed by atoms with Crippen molar-refractivity contribution in [2.75, 3.05) is 38.2 Å². The summed E-state index contributed by atoms with van der Waals surface area (Å²) in [6.45, 7) is 3.78. The third kappa shape index (κ3) is 4.14. The summed E-state index contributed by atoms with van der Waals surface area (Å²) in [5.74, 6) is 3.63. The topological polar surface area (TPSA) is 15.3 Å². The normalized spacial score (nSPS) is 31.6. The zero-order valence-corrected chi connectivity index (χ0v) is 11.2. The molecule has 0 bridgehead atoms. The fourth-order valence-corrected chi connectivity index (χ4v) is 3.80. The average molecular weight is 251 g/mol. The Morgan fingerprint density at radius 2 is 2.27 bits per heavy atom. The zero-order valence-electron chi connectivity index (χ0n) is 9.58. The van der Waals surface area contributed by atoms with Crippen molar-refractivity contribution in [1.29, 1.82) is 0 Å². The Labute approximate surface area is 104 Å². The Hall–Kier alpha value is 0.560. The summed E-state index contributed by atoms with van der Waals surface area (Å²) < 4.78 is 0. The second-order valence-electron chi connectivity index (χ2n) is 4.67. The summed E-state index contributed by atoms with van der Waals surface area (Å²) in [4.78, 5) is 2.59. The molecule has 2 saturated heterocycles. The molecule has 2 aliphatic rings. The van der Waals surface area contributed by atoms with E-state index in [4.69, 9.17) is 0 Å². The fourth-order valence-electron chi connectivity index (χ4n) is 2.51. The summed E-state index contributed by atoms with van der Waals surface area (Å²) in [5.41, 5.74) is 0. The molecule has 0 saturated carbocycles. The smallest absolute Gasteiger partial charge is 0.0191 e. The van der Waals surface area contributed by atoms with E-state index in [-0.39, 0.29) is 12.4 Å². The summed E-state index contributed by atoms with van der Waals surface area (Å²) in [7, 11) is 2.31. The van der Waals surface area contributed by atoms with Crippen LogP contribution < -0.4 is 5.32 Å². The van der Waals surface area contributed by atoms with Gasteiger partial charge in [0, 0.05) is 18.3 Å². The van der Waals surface area contributed by atoms with Crippen LogP contribution in [0.25, 0.3) is 0 Å². The molecule has 2 nitrogen and oxygen atoms in total. The van der Waals surface area contributed by atoms with Gasteiger partial charge in [0.25, 0.3) is 0 Å². The number of piperidine rings is 1. The largest absolute Gasteiger partial charge is 0.316 e. The summed E-state index contributed by atoms with van der Waals surface area (Å²) >= 11 is 2.12. The third-order valence-corrected chi connectivity index (χ3v) is 4.62. The Morgan fingerprint density at radius 3 is 2.87 bits per heavy atom. The molecule has 2 atom stereocenters.